The molecule has 0 saturated heterocycles. The smallest absolute Gasteiger partial charge is 0.261 e. The molecule has 2 aromatic rings. The predicted molar refractivity (Wildman–Crippen MR) is 84.4 cm³/mol. The highest BCUT2D eigenvalue weighted by Gasteiger charge is 2.16. The van der Waals surface area contributed by atoms with Crippen molar-refractivity contribution in [2.24, 2.45) is 0 Å². The highest BCUT2D eigenvalue weighted by Crippen LogP contribution is 2.24. The minimum Gasteiger partial charge on any atom is -0.496 e. The van der Waals surface area contributed by atoms with Gasteiger partial charge >= 0.3 is 0 Å². The summed E-state index contributed by atoms with van der Waals surface area (Å²) in [5, 5.41) is 0. The van der Waals surface area contributed by atoms with E-state index in [0.29, 0.717) is 11.4 Å². The molecule has 4 nitrogen and oxygen atoms in total. The summed E-state index contributed by atoms with van der Waals surface area (Å²) in [6, 6.07) is 12.2. The molecule has 0 saturated carbocycles. The van der Waals surface area contributed by atoms with E-state index in [1.165, 1.54) is 0 Å². The number of para-hydroxylation sites is 1. The molecule has 0 bridgehead atoms. The molecule has 112 valence electrons. The minimum atomic E-state index is -3.60. The molecule has 2 rings (SSSR count). The summed E-state index contributed by atoms with van der Waals surface area (Å²) < 4.78 is 32.7. The van der Waals surface area contributed by atoms with Gasteiger partial charge in [-0.3, -0.25) is 4.72 Å². The molecule has 2 aromatic carbocycles. The number of benzene rings is 2. The van der Waals surface area contributed by atoms with Crippen LogP contribution in [-0.2, 0) is 16.4 Å². The number of rotatable bonds is 5. The van der Waals surface area contributed by atoms with Gasteiger partial charge < -0.3 is 4.74 Å². The van der Waals surface area contributed by atoms with E-state index in [-0.39, 0.29) is 4.90 Å². The van der Waals surface area contributed by atoms with Crippen LogP contribution < -0.4 is 9.46 Å². The van der Waals surface area contributed by atoms with Crippen LogP contribution in [0.15, 0.2) is 47.4 Å². The number of hydrogen-bond donors (Lipinski definition) is 1. The third-order valence-electron chi connectivity index (χ3n) is 3.32. The molecule has 1 N–H and O–H groups in total. The maximum atomic E-state index is 12.5. The van der Waals surface area contributed by atoms with E-state index in [1.54, 1.807) is 31.4 Å². The van der Waals surface area contributed by atoms with Gasteiger partial charge in [-0.1, -0.05) is 25.1 Å². The van der Waals surface area contributed by atoms with Crippen LogP contribution in [0, 0.1) is 6.92 Å². The Labute approximate surface area is 125 Å². The van der Waals surface area contributed by atoms with Crippen molar-refractivity contribution >= 4 is 15.7 Å². The monoisotopic (exact) mass is 305 g/mol. The molecule has 21 heavy (non-hydrogen) atoms. The molecule has 5 heteroatoms. The van der Waals surface area contributed by atoms with E-state index in [2.05, 4.69) is 4.72 Å². The largest absolute Gasteiger partial charge is 0.496 e. The molecule has 0 aliphatic heterocycles. The Morgan fingerprint density at radius 1 is 1.14 bits per heavy atom. The van der Waals surface area contributed by atoms with Crippen LogP contribution in [0.1, 0.15) is 18.1 Å². The van der Waals surface area contributed by atoms with E-state index in [0.717, 1.165) is 17.5 Å². The lowest BCUT2D eigenvalue weighted by atomic mass is 10.1. The molecular weight excluding hydrogens is 286 g/mol. The second kappa shape index (κ2) is 6.18. The van der Waals surface area contributed by atoms with Crippen molar-refractivity contribution in [1.29, 1.82) is 0 Å². The third-order valence-corrected chi connectivity index (χ3v) is 4.68. The van der Waals surface area contributed by atoms with E-state index in [9.17, 15) is 8.42 Å². The number of methoxy groups -OCH3 is 1. The normalized spacial score (nSPS) is 11.2. The lowest BCUT2D eigenvalue weighted by Gasteiger charge is -2.13. The summed E-state index contributed by atoms with van der Waals surface area (Å²) in [5.74, 6) is 0.669. The Morgan fingerprint density at radius 2 is 1.86 bits per heavy atom. The molecule has 0 amide bonds. The van der Waals surface area contributed by atoms with Crippen LogP contribution in [0.2, 0.25) is 0 Å². The zero-order valence-corrected chi connectivity index (χ0v) is 13.2. The molecule has 0 radical (unpaired) electrons. The van der Waals surface area contributed by atoms with Gasteiger partial charge in [0.25, 0.3) is 10.0 Å². The van der Waals surface area contributed by atoms with Crippen molar-refractivity contribution in [3.8, 4) is 5.75 Å². The van der Waals surface area contributed by atoms with Gasteiger partial charge in [-0.05, 0) is 48.7 Å². The SMILES string of the molecule is CCc1ccccc1NS(=O)(=O)c1ccc(OC)c(C)c1. The zero-order valence-electron chi connectivity index (χ0n) is 12.4. The fourth-order valence-electron chi connectivity index (χ4n) is 2.15. The number of aryl methyl sites for hydroxylation is 2. The number of ether oxygens (including phenoxy) is 1. The highest BCUT2D eigenvalue weighted by molar-refractivity contribution is 7.92. The number of nitrogens with one attached hydrogen (secondary N) is 1. The topological polar surface area (TPSA) is 55.4 Å². The van der Waals surface area contributed by atoms with E-state index in [4.69, 9.17) is 4.74 Å². The average molecular weight is 305 g/mol. The lowest BCUT2D eigenvalue weighted by molar-refractivity contribution is 0.411. The quantitative estimate of drug-likeness (QED) is 0.921. The number of sulfonamides is 1. The molecule has 0 atom stereocenters. The third kappa shape index (κ3) is 3.36. The minimum absolute atomic E-state index is 0.228. The maximum Gasteiger partial charge on any atom is 0.261 e. The molecule has 0 unspecified atom stereocenters. The number of hydrogen-bond acceptors (Lipinski definition) is 3. The Hall–Kier alpha value is -2.01. The first-order chi connectivity index (χ1) is 9.97. The summed E-state index contributed by atoms with van der Waals surface area (Å²) >= 11 is 0. The van der Waals surface area contributed by atoms with Gasteiger partial charge in [0.1, 0.15) is 5.75 Å². The van der Waals surface area contributed by atoms with Crippen LogP contribution in [-0.4, -0.2) is 15.5 Å². The Bertz CT molecular complexity index is 739. The van der Waals surface area contributed by atoms with Gasteiger partial charge in [0.15, 0.2) is 0 Å². The lowest BCUT2D eigenvalue weighted by Crippen LogP contribution is -2.14. The van der Waals surface area contributed by atoms with Crippen LogP contribution in [0.25, 0.3) is 0 Å². The molecule has 0 spiro atoms. The standard InChI is InChI=1S/C16H19NO3S/c1-4-13-7-5-6-8-15(13)17-21(18,19)14-9-10-16(20-3)12(2)11-14/h5-11,17H,4H2,1-3H3. The van der Waals surface area contributed by atoms with Crippen LogP contribution in [0.5, 0.6) is 5.75 Å². The second-order valence-electron chi connectivity index (χ2n) is 4.75. The number of anilines is 1. The van der Waals surface area contributed by atoms with Gasteiger partial charge in [-0.25, -0.2) is 8.42 Å². The van der Waals surface area contributed by atoms with Gasteiger partial charge in [0, 0.05) is 0 Å². The molecule has 0 aromatic heterocycles. The van der Waals surface area contributed by atoms with Crippen molar-refractivity contribution in [2.45, 2.75) is 25.2 Å². The van der Waals surface area contributed by atoms with Crippen molar-refractivity contribution in [1.82, 2.24) is 0 Å². The summed E-state index contributed by atoms with van der Waals surface area (Å²) in [6.07, 6.45) is 0.764. The maximum absolute atomic E-state index is 12.5. The van der Waals surface area contributed by atoms with E-state index in [1.807, 2.05) is 32.0 Å². The van der Waals surface area contributed by atoms with Crippen LogP contribution in [0.3, 0.4) is 0 Å². The van der Waals surface area contributed by atoms with Gasteiger partial charge in [0.05, 0.1) is 17.7 Å². The van der Waals surface area contributed by atoms with Crippen molar-refractivity contribution in [3.05, 3.63) is 53.6 Å². The molecule has 0 fully saturated rings. The zero-order chi connectivity index (χ0) is 15.5. The first-order valence-electron chi connectivity index (χ1n) is 6.73. The first kappa shape index (κ1) is 15.4. The second-order valence-corrected chi connectivity index (χ2v) is 6.43. The van der Waals surface area contributed by atoms with Gasteiger partial charge in [-0.15, -0.1) is 0 Å². The summed E-state index contributed by atoms with van der Waals surface area (Å²) in [7, 11) is -2.04. The average Bonchev–Trinajstić information content (AvgIpc) is 2.47. The fraction of sp³-hybridized carbons (Fsp3) is 0.250. The van der Waals surface area contributed by atoms with E-state index >= 15 is 0 Å². The van der Waals surface area contributed by atoms with E-state index < -0.39 is 10.0 Å². The summed E-state index contributed by atoms with van der Waals surface area (Å²) in [4.78, 5) is 0.228. The highest BCUT2D eigenvalue weighted by atomic mass is 32.2. The molecule has 0 aliphatic carbocycles. The van der Waals surface area contributed by atoms with Crippen LogP contribution >= 0.6 is 0 Å². The van der Waals surface area contributed by atoms with Crippen molar-refractivity contribution in [3.63, 3.8) is 0 Å². The molecular formula is C16H19NO3S. The Morgan fingerprint density at radius 3 is 2.48 bits per heavy atom. The Balaban J connectivity index is 2.36. The summed E-state index contributed by atoms with van der Waals surface area (Å²) in [6.45, 7) is 3.81. The van der Waals surface area contributed by atoms with Gasteiger partial charge in [-0.2, -0.15) is 0 Å². The molecule has 0 aliphatic rings. The predicted octanol–water partition coefficient (Wildman–Crippen LogP) is 3.37. The van der Waals surface area contributed by atoms with Crippen molar-refractivity contribution in [2.75, 3.05) is 11.8 Å². The van der Waals surface area contributed by atoms with Crippen LogP contribution in [0.4, 0.5) is 5.69 Å². The first-order valence-corrected chi connectivity index (χ1v) is 8.21. The summed E-state index contributed by atoms with van der Waals surface area (Å²) in [5.41, 5.74) is 2.36. The Kier molecular flexibility index (Phi) is 4.53. The van der Waals surface area contributed by atoms with Crippen molar-refractivity contribution < 1.29 is 13.2 Å². The molecule has 0 heterocycles. The van der Waals surface area contributed by atoms with Gasteiger partial charge in [0.2, 0.25) is 0 Å². The fourth-order valence-corrected chi connectivity index (χ4v) is 3.34.